The van der Waals surface area contributed by atoms with E-state index in [2.05, 4.69) is 26.1 Å². The molecule has 1 N–H and O–H groups in total. The normalized spacial score (nSPS) is 44.6. The van der Waals surface area contributed by atoms with Crippen molar-refractivity contribution >= 4 is 0 Å². The third kappa shape index (κ3) is 1.85. The van der Waals surface area contributed by atoms with Gasteiger partial charge < -0.3 is 5.32 Å². The summed E-state index contributed by atoms with van der Waals surface area (Å²) in [5.41, 5.74) is 1.14. The summed E-state index contributed by atoms with van der Waals surface area (Å²) in [4.78, 5) is 0. The van der Waals surface area contributed by atoms with Crippen LogP contribution >= 0.6 is 0 Å². The molecule has 0 saturated heterocycles. The molecule has 2 bridgehead atoms. The molecule has 3 aliphatic rings. The van der Waals surface area contributed by atoms with Crippen LogP contribution in [0.1, 0.15) is 65.7 Å². The molecular weight excluding hydrogens is 206 g/mol. The first-order valence-electron chi connectivity index (χ1n) is 7.76. The third-order valence-electron chi connectivity index (χ3n) is 6.36. The van der Waals surface area contributed by atoms with Crippen molar-refractivity contribution < 1.29 is 0 Å². The van der Waals surface area contributed by atoms with Crippen LogP contribution in [0.15, 0.2) is 0 Å². The van der Waals surface area contributed by atoms with Gasteiger partial charge >= 0.3 is 0 Å². The molecule has 3 atom stereocenters. The van der Waals surface area contributed by atoms with Crippen molar-refractivity contribution in [3.63, 3.8) is 0 Å². The molecule has 0 spiro atoms. The Balaban J connectivity index is 1.65. The Morgan fingerprint density at radius 1 is 1.06 bits per heavy atom. The van der Waals surface area contributed by atoms with Gasteiger partial charge in [0.15, 0.2) is 0 Å². The molecular formula is C16H29N. The Labute approximate surface area is 107 Å². The quantitative estimate of drug-likeness (QED) is 0.780. The third-order valence-corrected chi connectivity index (χ3v) is 6.36. The van der Waals surface area contributed by atoms with Crippen molar-refractivity contribution in [2.75, 3.05) is 6.54 Å². The minimum atomic E-state index is 0.533. The Morgan fingerprint density at radius 2 is 1.76 bits per heavy atom. The Morgan fingerprint density at radius 3 is 2.35 bits per heavy atom. The first kappa shape index (κ1) is 12.0. The van der Waals surface area contributed by atoms with Crippen LogP contribution in [0.5, 0.6) is 0 Å². The summed E-state index contributed by atoms with van der Waals surface area (Å²) in [5, 5.41) is 3.99. The molecule has 0 aromatic carbocycles. The molecule has 17 heavy (non-hydrogen) atoms. The lowest BCUT2D eigenvalue weighted by atomic mass is 9.68. The summed E-state index contributed by atoms with van der Waals surface area (Å²) < 4.78 is 0. The topological polar surface area (TPSA) is 12.0 Å². The highest BCUT2D eigenvalue weighted by Gasteiger charge is 2.58. The fourth-order valence-electron chi connectivity index (χ4n) is 5.31. The molecule has 3 saturated carbocycles. The minimum absolute atomic E-state index is 0.533. The monoisotopic (exact) mass is 235 g/mol. The van der Waals surface area contributed by atoms with E-state index in [0.29, 0.717) is 10.8 Å². The summed E-state index contributed by atoms with van der Waals surface area (Å²) in [6.45, 7) is 8.84. The Kier molecular flexibility index (Phi) is 2.81. The molecule has 0 amide bonds. The standard InChI is InChI=1S/C16H29N/c1-15(2)13-8-9-16(3,10-13)14(15)17-11-12-6-4-5-7-12/h12-14,17H,4-11H2,1-3H3. The van der Waals surface area contributed by atoms with Crippen molar-refractivity contribution in [2.24, 2.45) is 22.7 Å². The van der Waals surface area contributed by atoms with Gasteiger partial charge in [0.05, 0.1) is 0 Å². The highest BCUT2D eigenvalue weighted by atomic mass is 15.0. The molecule has 0 radical (unpaired) electrons. The van der Waals surface area contributed by atoms with Gasteiger partial charge in [0.1, 0.15) is 0 Å². The van der Waals surface area contributed by atoms with Gasteiger partial charge in [-0.2, -0.15) is 0 Å². The highest BCUT2D eigenvalue weighted by Crippen LogP contribution is 2.62. The number of nitrogens with one attached hydrogen (secondary N) is 1. The van der Waals surface area contributed by atoms with Crippen molar-refractivity contribution in [3.05, 3.63) is 0 Å². The summed E-state index contributed by atoms with van der Waals surface area (Å²) in [6.07, 6.45) is 10.3. The Bertz CT molecular complexity index is 285. The van der Waals surface area contributed by atoms with E-state index in [0.717, 1.165) is 17.9 Å². The first-order valence-corrected chi connectivity index (χ1v) is 7.76. The van der Waals surface area contributed by atoms with Gasteiger partial charge in [-0.3, -0.25) is 0 Å². The molecule has 3 aliphatic carbocycles. The highest BCUT2D eigenvalue weighted by molar-refractivity contribution is 5.12. The van der Waals surface area contributed by atoms with Crippen molar-refractivity contribution in [1.29, 1.82) is 0 Å². The molecule has 0 aromatic rings. The van der Waals surface area contributed by atoms with Crippen molar-refractivity contribution in [1.82, 2.24) is 5.32 Å². The molecule has 98 valence electrons. The maximum Gasteiger partial charge on any atom is 0.0175 e. The van der Waals surface area contributed by atoms with Gasteiger partial charge in [0.25, 0.3) is 0 Å². The van der Waals surface area contributed by atoms with Gasteiger partial charge in [-0.05, 0) is 61.3 Å². The van der Waals surface area contributed by atoms with Crippen LogP contribution in [0.3, 0.4) is 0 Å². The lowest BCUT2D eigenvalue weighted by Crippen LogP contribution is -2.51. The van der Waals surface area contributed by atoms with Gasteiger partial charge in [-0.15, -0.1) is 0 Å². The van der Waals surface area contributed by atoms with Crippen LogP contribution in [0.2, 0.25) is 0 Å². The van der Waals surface area contributed by atoms with E-state index in [1.165, 1.54) is 51.5 Å². The summed E-state index contributed by atoms with van der Waals surface area (Å²) in [6, 6.07) is 0.773. The zero-order valence-electron chi connectivity index (χ0n) is 11.9. The van der Waals surface area contributed by atoms with Crippen LogP contribution in [-0.4, -0.2) is 12.6 Å². The average Bonchev–Trinajstić information content (AvgIpc) is 2.90. The first-order chi connectivity index (χ1) is 8.02. The van der Waals surface area contributed by atoms with Gasteiger partial charge in [0, 0.05) is 6.04 Å². The van der Waals surface area contributed by atoms with E-state index in [-0.39, 0.29) is 0 Å². The van der Waals surface area contributed by atoms with Crippen molar-refractivity contribution in [3.8, 4) is 0 Å². The summed E-state index contributed by atoms with van der Waals surface area (Å²) in [7, 11) is 0. The van der Waals surface area contributed by atoms with Crippen LogP contribution in [0.25, 0.3) is 0 Å². The summed E-state index contributed by atoms with van der Waals surface area (Å²) in [5.74, 6) is 1.96. The van der Waals surface area contributed by atoms with E-state index in [4.69, 9.17) is 0 Å². The number of fused-ring (bicyclic) bond motifs is 2. The predicted octanol–water partition coefficient (Wildman–Crippen LogP) is 3.98. The average molecular weight is 235 g/mol. The smallest absolute Gasteiger partial charge is 0.0175 e. The fraction of sp³-hybridized carbons (Fsp3) is 1.00. The van der Waals surface area contributed by atoms with Gasteiger partial charge in [0.2, 0.25) is 0 Å². The summed E-state index contributed by atoms with van der Waals surface area (Å²) >= 11 is 0. The van der Waals surface area contributed by atoms with E-state index >= 15 is 0 Å². The van der Waals surface area contributed by atoms with E-state index in [1.807, 2.05) is 0 Å². The second-order valence-corrected chi connectivity index (χ2v) is 7.91. The lowest BCUT2D eigenvalue weighted by molar-refractivity contribution is 0.105. The molecule has 0 aromatic heterocycles. The maximum absolute atomic E-state index is 3.99. The predicted molar refractivity (Wildman–Crippen MR) is 73.0 cm³/mol. The van der Waals surface area contributed by atoms with Gasteiger partial charge in [-0.25, -0.2) is 0 Å². The number of hydrogen-bond donors (Lipinski definition) is 1. The Hall–Kier alpha value is -0.0400. The largest absolute Gasteiger partial charge is 0.313 e. The molecule has 3 unspecified atom stereocenters. The fourth-order valence-corrected chi connectivity index (χ4v) is 5.31. The van der Waals surface area contributed by atoms with E-state index < -0.39 is 0 Å². The van der Waals surface area contributed by atoms with Crippen molar-refractivity contribution in [2.45, 2.75) is 71.8 Å². The zero-order chi connectivity index (χ0) is 12.1. The zero-order valence-corrected chi connectivity index (χ0v) is 11.9. The van der Waals surface area contributed by atoms with E-state index in [9.17, 15) is 0 Å². The van der Waals surface area contributed by atoms with Crippen LogP contribution in [-0.2, 0) is 0 Å². The van der Waals surface area contributed by atoms with Gasteiger partial charge in [-0.1, -0.05) is 33.6 Å². The maximum atomic E-state index is 3.99. The molecule has 0 heterocycles. The van der Waals surface area contributed by atoms with Crippen LogP contribution in [0, 0.1) is 22.7 Å². The van der Waals surface area contributed by atoms with Crippen LogP contribution < -0.4 is 5.32 Å². The molecule has 3 fully saturated rings. The number of rotatable bonds is 3. The number of hydrogen-bond acceptors (Lipinski definition) is 1. The molecule has 1 nitrogen and oxygen atoms in total. The van der Waals surface area contributed by atoms with E-state index in [1.54, 1.807) is 0 Å². The molecule has 1 heteroatoms. The lowest BCUT2D eigenvalue weighted by Gasteiger charge is -2.43. The molecule has 0 aliphatic heterocycles. The molecule has 3 rings (SSSR count). The minimum Gasteiger partial charge on any atom is -0.313 e. The second kappa shape index (κ2) is 3.98. The SMILES string of the molecule is CC12CCC(C1)C(C)(C)C2NCC1CCCC1. The van der Waals surface area contributed by atoms with Crippen LogP contribution in [0.4, 0.5) is 0 Å². The second-order valence-electron chi connectivity index (χ2n) is 7.91.